The molecule has 1 fully saturated rings. The van der Waals surface area contributed by atoms with Crippen molar-refractivity contribution in [2.75, 3.05) is 7.11 Å². The molecule has 0 saturated heterocycles. The molecule has 2 N–H and O–H groups in total. The topological polar surface area (TPSA) is 35.2 Å². The second-order valence-electron chi connectivity index (χ2n) is 4.17. The number of hydrogen-bond donors (Lipinski definition) is 1. The zero-order valence-electron chi connectivity index (χ0n) is 8.87. The molecule has 0 bridgehead atoms. The quantitative estimate of drug-likeness (QED) is 0.827. The van der Waals surface area contributed by atoms with Gasteiger partial charge in [-0.3, -0.25) is 0 Å². The molecule has 0 aromatic heterocycles. The number of methoxy groups -OCH3 is 1. The lowest BCUT2D eigenvalue weighted by molar-refractivity contribution is 0.401. The van der Waals surface area contributed by atoms with Crippen LogP contribution in [0.25, 0.3) is 0 Å². The molecule has 1 saturated carbocycles. The van der Waals surface area contributed by atoms with Crippen LogP contribution in [0.2, 0.25) is 0 Å². The highest BCUT2D eigenvalue weighted by Gasteiger charge is 2.25. The maximum absolute atomic E-state index is 13.1. The fraction of sp³-hybridized carbons (Fsp3) is 0.500. The molecule has 2 rings (SSSR count). The number of halogens is 1. The monoisotopic (exact) mass is 209 g/mol. The van der Waals surface area contributed by atoms with Crippen LogP contribution in [-0.4, -0.2) is 7.11 Å². The highest BCUT2D eigenvalue weighted by Crippen LogP contribution is 2.38. The minimum atomic E-state index is -0.253. The van der Waals surface area contributed by atoms with Gasteiger partial charge in [0.05, 0.1) is 7.11 Å². The first-order valence-corrected chi connectivity index (χ1v) is 5.29. The van der Waals surface area contributed by atoms with E-state index in [4.69, 9.17) is 10.5 Å². The lowest BCUT2D eigenvalue weighted by Gasteiger charge is -2.15. The summed E-state index contributed by atoms with van der Waals surface area (Å²) < 4.78 is 18.3. The highest BCUT2D eigenvalue weighted by atomic mass is 19.1. The van der Waals surface area contributed by atoms with Crippen molar-refractivity contribution in [2.24, 2.45) is 11.7 Å². The summed E-state index contributed by atoms with van der Waals surface area (Å²) >= 11 is 0. The zero-order chi connectivity index (χ0) is 10.8. The number of nitrogens with two attached hydrogens (primary N) is 1. The number of benzene rings is 1. The van der Waals surface area contributed by atoms with Gasteiger partial charge in [0.1, 0.15) is 11.6 Å². The van der Waals surface area contributed by atoms with Crippen molar-refractivity contribution in [3.63, 3.8) is 0 Å². The Hall–Kier alpha value is -1.09. The molecule has 0 heterocycles. The van der Waals surface area contributed by atoms with Crippen molar-refractivity contribution < 1.29 is 9.13 Å². The number of rotatable bonds is 4. The SMILES string of the molecule is COc1ccc(F)cc1[C@@H](N)CC1CC1. The first-order chi connectivity index (χ1) is 7.20. The summed E-state index contributed by atoms with van der Waals surface area (Å²) in [7, 11) is 1.58. The van der Waals surface area contributed by atoms with E-state index in [1.54, 1.807) is 13.2 Å². The molecule has 0 radical (unpaired) electrons. The summed E-state index contributed by atoms with van der Waals surface area (Å²) in [6.45, 7) is 0. The number of hydrogen-bond acceptors (Lipinski definition) is 2. The maximum atomic E-state index is 13.1. The Balaban J connectivity index is 2.18. The molecule has 1 aromatic rings. The third-order valence-corrected chi connectivity index (χ3v) is 2.88. The van der Waals surface area contributed by atoms with Gasteiger partial charge in [-0.15, -0.1) is 0 Å². The van der Waals surface area contributed by atoms with Crippen LogP contribution in [0.1, 0.15) is 30.9 Å². The summed E-state index contributed by atoms with van der Waals surface area (Å²) in [4.78, 5) is 0. The fourth-order valence-electron chi connectivity index (χ4n) is 1.83. The van der Waals surface area contributed by atoms with Gasteiger partial charge in [-0.1, -0.05) is 12.8 Å². The van der Waals surface area contributed by atoms with E-state index in [0.29, 0.717) is 5.75 Å². The van der Waals surface area contributed by atoms with Crippen LogP contribution >= 0.6 is 0 Å². The Morgan fingerprint density at radius 2 is 2.27 bits per heavy atom. The highest BCUT2D eigenvalue weighted by molar-refractivity contribution is 5.36. The van der Waals surface area contributed by atoms with Crippen molar-refractivity contribution in [3.05, 3.63) is 29.6 Å². The Morgan fingerprint density at radius 1 is 1.53 bits per heavy atom. The molecule has 1 atom stereocenters. The van der Waals surface area contributed by atoms with Gasteiger partial charge in [-0.25, -0.2) is 4.39 Å². The van der Waals surface area contributed by atoms with Crippen molar-refractivity contribution >= 4 is 0 Å². The number of ether oxygens (including phenoxy) is 1. The maximum Gasteiger partial charge on any atom is 0.123 e. The van der Waals surface area contributed by atoms with Crippen molar-refractivity contribution in [3.8, 4) is 5.75 Å². The van der Waals surface area contributed by atoms with Crippen LogP contribution in [-0.2, 0) is 0 Å². The van der Waals surface area contributed by atoms with E-state index < -0.39 is 0 Å². The molecule has 1 aliphatic rings. The summed E-state index contributed by atoms with van der Waals surface area (Å²) in [5.41, 5.74) is 6.82. The molecule has 1 aliphatic carbocycles. The molecule has 1 aromatic carbocycles. The van der Waals surface area contributed by atoms with E-state index in [1.165, 1.54) is 25.0 Å². The van der Waals surface area contributed by atoms with E-state index >= 15 is 0 Å². The van der Waals surface area contributed by atoms with Gasteiger partial charge in [-0.05, 0) is 30.5 Å². The molecule has 0 spiro atoms. The lowest BCUT2D eigenvalue weighted by Crippen LogP contribution is -2.12. The van der Waals surface area contributed by atoms with Gasteiger partial charge in [0, 0.05) is 11.6 Å². The molecule has 82 valence electrons. The Morgan fingerprint density at radius 3 is 2.87 bits per heavy atom. The fourth-order valence-corrected chi connectivity index (χ4v) is 1.83. The molecule has 0 aliphatic heterocycles. The van der Waals surface area contributed by atoms with E-state index in [-0.39, 0.29) is 11.9 Å². The molecule has 0 amide bonds. The average molecular weight is 209 g/mol. The second kappa shape index (κ2) is 4.19. The minimum absolute atomic E-state index is 0.108. The van der Waals surface area contributed by atoms with Gasteiger partial charge in [0.15, 0.2) is 0 Å². The van der Waals surface area contributed by atoms with Crippen LogP contribution < -0.4 is 10.5 Å². The van der Waals surface area contributed by atoms with Crippen LogP contribution in [0, 0.1) is 11.7 Å². The molecule has 2 nitrogen and oxygen atoms in total. The van der Waals surface area contributed by atoms with Crippen LogP contribution in [0.3, 0.4) is 0 Å². The standard InChI is InChI=1S/C12H16FNO/c1-15-12-5-4-9(13)7-10(12)11(14)6-8-2-3-8/h4-5,7-8,11H,2-3,6,14H2,1H3/t11-/m0/s1. The smallest absolute Gasteiger partial charge is 0.123 e. The lowest BCUT2D eigenvalue weighted by atomic mass is 10.0. The van der Waals surface area contributed by atoms with Crippen LogP contribution in [0.5, 0.6) is 5.75 Å². The van der Waals surface area contributed by atoms with Gasteiger partial charge < -0.3 is 10.5 Å². The molecule has 3 heteroatoms. The second-order valence-corrected chi connectivity index (χ2v) is 4.17. The normalized spacial score (nSPS) is 17.5. The molecule has 15 heavy (non-hydrogen) atoms. The van der Waals surface area contributed by atoms with E-state index in [0.717, 1.165) is 17.9 Å². The molecule has 0 unspecified atom stereocenters. The van der Waals surface area contributed by atoms with Gasteiger partial charge in [0.25, 0.3) is 0 Å². The minimum Gasteiger partial charge on any atom is -0.496 e. The zero-order valence-corrected chi connectivity index (χ0v) is 8.87. The van der Waals surface area contributed by atoms with Crippen molar-refractivity contribution in [2.45, 2.75) is 25.3 Å². The van der Waals surface area contributed by atoms with E-state index in [2.05, 4.69) is 0 Å². The molecular weight excluding hydrogens is 193 g/mol. The summed E-state index contributed by atoms with van der Waals surface area (Å²) in [5.74, 6) is 1.16. The van der Waals surface area contributed by atoms with Gasteiger partial charge >= 0.3 is 0 Å². The third kappa shape index (κ3) is 2.48. The summed E-state index contributed by atoms with van der Waals surface area (Å²) in [6.07, 6.45) is 3.44. The third-order valence-electron chi connectivity index (χ3n) is 2.88. The Kier molecular flexibility index (Phi) is 2.91. The average Bonchev–Trinajstić information content (AvgIpc) is 3.01. The Labute approximate surface area is 89.2 Å². The van der Waals surface area contributed by atoms with Crippen LogP contribution in [0.4, 0.5) is 4.39 Å². The van der Waals surface area contributed by atoms with E-state index in [9.17, 15) is 4.39 Å². The van der Waals surface area contributed by atoms with Crippen molar-refractivity contribution in [1.29, 1.82) is 0 Å². The predicted molar refractivity (Wildman–Crippen MR) is 57.2 cm³/mol. The first kappa shape index (κ1) is 10.4. The van der Waals surface area contributed by atoms with Crippen LogP contribution in [0.15, 0.2) is 18.2 Å². The van der Waals surface area contributed by atoms with Gasteiger partial charge in [0.2, 0.25) is 0 Å². The summed E-state index contributed by atoms with van der Waals surface area (Å²) in [6, 6.07) is 4.40. The predicted octanol–water partition coefficient (Wildman–Crippen LogP) is 2.63. The largest absolute Gasteiger partial charge is 0.496 e. The van der Waals surface area contributed by atoms with Gasteiger partial charge in [-0.2, -0.15) is 0 Å². The van der Waals surface area contributed by atoms with Crippen molar-refractivity contribution in [1.82, 2.24) is 0 Å². The molecular formula is C12H16FNO. The first-order valence-electron chi connectivity index (χ1n) is 5.29. The summed E-state index contributed by atoms with van der Waals surface area (Å²) in [5, 5.41) is 0. The van der Waals surface area contributed by atoms with E-state index in [1.807, 2.05) is 0 Å². The Bertz CT molecular complexity index is 349.